The minimum Gasteiger partial charge on any atom is -0.314 e. The standard InChI is InChI=1S/C18H36N4Si2/c1-13-15(23(9,10)21(19-13)17(3,4)5)16-14(2)20-22(18(6,7)8)24(16,11)12/h1-12H3. The predicted octanol–water partition coefficient (Wildman–Crippen LogP) is 4.75. The molecule has 0 spiro atoms. The minimum atomic E-state index is -1.85. The molecule has 0 aromatic heterocycles. The molecule has 0 aliphatic carbocycles. The Kier molecular flexibility index (Phi) is 4.30. The van der Waals surface area contributed by atoms with Crippen molar-refractivity contribution in [3.8, 4) is 0 Å². The summed E-state index contributed by atoms with van der Waals surface area (Å²) in [5.74, 6) is 0. The van der Waals surface area contributed by atoms with Gasteiger partial charge in [0.25, 0.3) is 0 Å². The lowest BCUT2D eigenvalue weighted by Gasteiger charge is -2.43. The number of allylic oxidation sites excluding steroid dienone is 2. The van der Waals surface area contributed by atoms with E-state index in [9.17, 15) is 0 Å². The van der Waals surface area contributed by atoms with Crippen molar-refractivity contribution in [1.82, 2.24) is 9.35 Å². The SMILES string of the molecule is CC1=NN(C(C)(C)C)[Si](C)(C)C1=C1C(C)=NN(C(C)(C)C)[Si]1(C)C. The third kappa shape index (κ3) is 2.81. The third-order valence-electron chi connectivity index (χ3n) is 5.03. The summed E-state index contributed by atoms with van der Waals surface area (Å²) in [6, 6.07) is 0. The molecule has 0 radical (unpaired) electrons. The van der Waals surface area contributed by atoms with E-state index in [0.717, 1.165) is 0 Å². The largest absolute Gasteiger partial charge is 0.314 e. The first kappa shape index (κ1) is 19.4. The molecule has 0 saturated carbocycles. The van der Waals surface area contributed by atoms with Gasteiger partial charge < -0.3 is 9.35 Å². The van der Waals surface area contributed by atoms with Gasteiger partial charge in [-0.05, 0) is 92.0 Å². The molecule has 0 N–H and O–H groups in total. The Balaban J connectivity index is 2.69. The van der Waals surface area contributed by atoms with Crippen LogP contribution < -0.4 is 0 Å². The van der Waals surface area contributed by atoms with E-state index < -0.39 is 16.5 Å². The first-order valence-corrected chi connectivity index (χ1v) is 14.9. The molecule has 0 aromatic rings. The molecule has 2 rings (SSSR count). The highest BCUT2D eigenvalue weighted by Crippen LogP contribution is 2.42. The Hall–Kier alpha value is -0.886. The normalized spacial score (nSPS) is 26.8. The lowest BCUT2D eigenvalue weighted by Crippen LogP contribution is -2.57. The summed E-state index contributed by atoms with van der Waals surface area (Å²) in [4.78, 5) is 0. The van der Waals surface area contributed by atoms with Crippen LogP contribution in [0, 0.1) is 0 Å². The molecule has 2 heterocycles. The summed E-state index contributed by atoms with van der Waals surface area (Å²) in [7, 11) is -3.69. The molecule has 0 fully saturated rings. The summed E-state index contributed by atoms with van der Waals surface area (Å²) >= 11 is 0. The highest BCUT2D eigenvalue weighted by atomic mass is 28.3. The van der Waals surface area contributed by atoms with Gasteiger partial charge in [0.05, 0.1) is 11.4 Å². The quantitative estimate of drug-likeness (QED) is 0.581. The first-order valence-electron chi connectivity index (χ1n) is 8.99. The number of nitrogens with zero attached hydrogens (tertiary/aromatic N) is 4. The molecular weight excluding hydrogens is 328 g/mol. The lowest BCUT2D eigenvalue weighted by molar-refractivity contribution is 0.256. The topological polar surface area (TPSA) is 31.2 Å². The number of hydrazone groups is 2. The number of hydrogen-bond donors (Lipinski definition) is 0. The maximum absolute atomic E-state index is 5.03. The van der Waals surface area contributed by atoms with Gasteiger partial charge in [-0.1, -0.05) is 0 Å². The van der Waals surface area contributed by atoms with Crippen LogP contribution in [0.25, 0.3) is 0 Å². The Morgan fingerprint density at radius 1 is 0.625 bits per heavy atom. The number of rotatable bonds is 0. The van der Waals surface area contributed by atoms with Crippen molar-refractivity contribution in [2.75, 3.05) is 0 Å². The van der Waals surface area contributed by atoms with Crippen LogP contribution in [0.5, 0.6) is 0 Å². The van der Waals surface area contributed by atoms with Crippen molar-refractivity contribution >= 4 is 27.9 Å². The van der Waals surface area contributed by atoms with E-state index in [1.165, 1.54) is 21.8 Å². The van der Waals surface area contributed by atoms with E-state index in [0.29, 0.717) is 0 Å². The van der Waals surface area contributed by atoms with Gasteiger partial charge in [0.15, 0.2) is 0 Å². The maximum atomic E-state index is 5.03. The van der Waals surface area contributed by atoms with E-state index in [2.05, 4.69) is 90.9 Å². The van der Waals surface area contributed by atoms with Gasteiger partial charge in [-0.15, -0.1) is 0 Å². The number of hydrogen-bond acceptors (Lipinski definition) is 4. The molecule has 0 aromatic carbocycles. The summed E-state index contributed by atoms with van der Waals surface area (Å²) in [6.07, 6.45) is 0. The molecule has 2 aliphatic heterocycles. The summed E-state index contributed by atoms with van der Waals surface area (Å²) < 4.78 is 4.82. The fourth-order valence-electron chi connectivity index (χ4n) is 4.70. The fraction of sp³-hybridized carbons (Fsp3) is 0.778. The summed E-state index contributed by atoms with van der Waals surface area (Å²) in [5, 5.41) is 13.1. The smallest absolute Gasteiger partial charge is 0.205 e. The zero-order chi connectivity index (χ0) is 18.9. The van der Waals surface area contributed by atoms with E-state index in [-0.39, 0.29) is 11.1 Å². The molecule has 24 heavy (non-hydrogen) atoms. The van der Waals surface area contributed by atoms with E-state index in [4.69, 9.17) is 10.2 Å². The Bertz CT molecular complexity index is 587. The highest BCUT2D eigenvalue weighted by Gasteiger charge is 2.53. The molecule has 2 aliphatic rings. The van der Waals surface area contributed by atoms with E-state index in [1.54, 1.807) is 0 Å². The van der Waals surface area contributed by atoms with Crippen LogP contribution in [-0.2, 0) is 0 Å². The second-order valence-corrected chi connectivity index (χ2v) is 18.3. The molecule has 6 heteroatoms. The zero-order valence-corrected chi connectivity index (χ0v) is 19.8. The molecule has 136 valence electrons. The van der Waals surface area contributed by atoms with Crippen LogP contribution in [0.2, 0.25) is 26.2 Å². The minimum absolute atomic E-state index is 0.0539. The monoisotopic (exact) mass is 364 g/mol. The van der Waals surface area contributed by atoms with Crippen LogP contribution in [0.15, 0.2) is 20.6 Å². The van der Waals surface area contributed by atoms with E-state index >= 15 is 0 Å². The van der Waals surface area contributed by atoms with Gasteiger partial charge in [0, 0.05) is 11.1 Å². The van der Waals surface area contributed by atoms with Crippen LogP contribution in [0.3, 0.4) is 0 Å². The Morgan fingerprint density at radius 2 is 0.875 bits per heavy atom. The van der Waals surface area contributed by atoms with Gasteiger partial charge in [0.1, 0.15) is 0 Å². The van der Waals surface area contributed by atoms with Gasteiger partial charge in [0.2, 0.25) is 16.5 Å². The average Bonchev–Trinajstić information content (AvgIpc) is 2.70. The average molecular weight is 365 g/mol. The van der Waals surface area contributed by atoms with Crippen molar-refractivity contribution in [2.24, 2.45) is 10.2 Å². The molecule has 0 bridgehead atoms. The summed E-state index contributed by atoms with van der Waals surface area (Å²) in [5.41, 5.74) is 2.53. The molecular formula is C18H36N4Si2. The van der Waals surface area contributed by atoms with Gasteiger partial charge in [-0.3, -0.25) is 0 Å². The second kappa shape index (κ2) is 5.30. The fourth-order valence-corrected chi connectivity index (χ4v) is 14.6. The van der Waals surface area contributed by atoms with Crippen LogP contribution >= 0.6 is 0 Å². The molecule has 0 amide bonds. The van der Waals surface area contributed by atoms with Crippen LogP contribution in [0.1, 0.15) is 55.4 Å². The van der Waals surface area contributed by atoms with Crippen LogP contribution in [-0.4, -0.2) is 48.3 Å². The first-order chi connectivity index (χ1) is 10.5. The van der Waals surface area contributed by atoms with E-state index in [1.807, 2.05) is 0 Å². The van der Waals surface area contributed by atoms with Crippen molar-refractivity contribution in [2.45, 2.75) is 92.7 Å². The predicted molar refractivity (Wildman–Crippen MR) is 111 cm³/mol. The zero-order valence-electron chi connectivity index (χ0n) is 17.8. The molecule has 0 unspecified atom stereocenters. The van der Waals surface area contributed by atoms with Gasteiger partial charge in [-0.25, -0.2) is 0 Å². The second-order valence-electron chi connectivity index (χ2n) is 10.2. The Labute approximate surface area is 150 Å². The maximum Gasteiger partial charge on any atom is 0.205 e. The van der Waals surface area contributed by atoms with Crippen molar-refractivity contribution in [3.05, 3.63) is 10.4 Å². The van der Waals surface area contributed by atoms with Crippen molar-refractivity contribution < 1.29 is 0 Å². The van der Waals surface area contributed by atoms with Gasteiger partial charge in [-0.2, -0.15) is 10.2 Å². The molecule has 0 saturated heterocycles. The lowest BCUT2D eigenvalue weighted by atomic mass is 10.1. The van der Waals surface area contributed by atoms with Crippen molar-refractivity contribution in [1.29, 1.82) is 0 Å². The molecule has 0 atom stereocenters. The highest BCUT2D eigenvalue weighted by molar-refractivity contribution is 6.95. The Morgan fingerprint density at radius 3 is 1.04 bits per heavy atom. The summed E-state index contributed by atoms with van der Waals surface area (Å²) in [6.45, 7) is 27.8. The van der Waals surface area contributed by atoms with Crippen molar-refractivity contribution in [3.63, 3.8) is 0 Å². The van der Waals surface area contributed by atoms with Crippen LogP contribution in [0.4, 0.5) is 0 Å². The third-order valence-corrected chi connectivity index (χ3v) is 12.6. The molecule has 4 nitrogen and oxygen atoms in total. The van der Waals surface area contributed by atoms with Gasteiger partial charge >= 0.3 is 0 Å².